The first-order chi connectivity index (χ1) is 18.3. The Morgan fingerprint density at radius 3 is 2.66 bits per heavy atom. The van der Waals surface area contributed by atoms with Crippen LogP contribution in [0.25, 0.3) is 5.82 Å². The van der Waals surface area contributed by atoms with Crippen LogP contribution in [0, 0.1) is 5.92 Å². The Labute approximate surface area is 218 Å². The van der Waals surface area contributed by atoms with Gasteiger partial charge in [0.15, 0.2) is 23.8 Å². The molecule has 1 saturated heterocycles. The fourth-order valence-electron chi connectivity index (χ4n) is 3.97. The molecule has 4 rings (SSSR count). The van der Waals surface area contributed by atoms with E-state index in [-0.39, 0.29) is 23.9 Å². The third-order valence-corrected chi connectivity index (χ3v) is 6.20. The lowest BCUT2D eigenvalue weighted by atomic mass is 9.99. The number of nitrogens with zero attached hydrogens (tertiary/aromatic N) is 7. The third kappa shape index (κ3) is 6.05. The smallest absolute Gasteiger partial charge is 0.293 e. The van der Waals surface area contributed by atoms with E-state index in [0.29, 0.717) is 40.9 Å². The van der Waals surface area contributed by atoms with Gasteiger partial charge in [-0.25, -0.2) is 10.1 Å². The van der Waals surface area contributed by atoms with Crippen LogP contribution in [0.1, 0.15) is 48.4 Å². The van der Waals surface area contributed by atoms with Crippen molar-refractivity contribution in [3.8, 4) is 17.3 Å². The van der Waals surface area contributed by atoms with E-state index in [1.165, 1.54) is 11.8 Å². The number of nitrogen functional groups attached to an aromatic ring is 1. The molecule has 2 aromatic heterocycles. The van der Waals surface area contributed by atoms with E-state index in [1.54, 1.807) is 25.1 Å². The number of amides is 2. The number of carbonyl (C=O) groups excluding carboxylic acids is 2. The molecule has 15 nitrogen and oxygen atoms in total. The van der Waals surface area contributed by atoms with Crippen molar-refractivity contribution in [1.29, 1.82) is 0 Å². The number of nitrogens with two attached hydrogens (primary N) is 2. The first-order valence-electron chi connectivity index (χ1n) is 12.0. The van der Waals surface area contributed by atoms with Gasteiger partial charge in [-0.2, -0.15) is 9.78 Å². The summed E-state index contributed by atoms with van der Waals surface area (Å²) in [5.41, 5.74) is 15.3. The summed E-state index contributed by atoms with van der Waals surface area (Å²) in [7, 11) is 1.47. The quantitative estimate of drug-likeness (QED) is 0.245. The van der Waals surface area contributed by atoms with Gasteiger partial charge in [0, 0.05) is 12.1 Å². The highest BCUT2D eigenvalue weighted by Gasteiger charge is 2.27. The van der Waals surface area contributed by atoms with Crippen molar-refractivity contribution in [2.45, 2.75) is 33.2 Å². The Kier molecular flexibility index (Phi) is 8.15. The summed E-state index contributed by atoms with van der Waals surface area (Å²) >= 11 is 0. The number of hydrogen-bond acceptors (Lipinski definition) is 12. The van der Waals surface area contributed by atoms with Crippen LogP contribution in [-0.4, -0.2) is 74.5 Å². The molecule has 5 N–H and O–H groups in total. The SMILES string of the molecule is COc1cc(/C(C)=N/NC(=O)c2nnn(-c3nonc3N)c2CN2CCC(C)CC2)ccc1OCC(N)=O. The van der Waals surface area contributed by atoms with Crippen molar-refractivity contribution in [3.05, 3.63) is 35.2 Å². The lowest BCUT2D eigenvalue weighted by molar-refractivity contribution is -0.119. The van der Waals surface area contributed by atoms with E-state index in [1.807, 2.05) is 0 Å². The molecular formula is C23H30N10O5. The molecule has 0 radical (unpaired) electrons. The maximum atomic E-state index is 13.2. The zero-order valence-electron chi connectivity index (χ0n) is 21.4. The Balaban J connectivity index is 1.54. The number of benzene rings is 1. The molecule has 1 aromatic carbocycles. The van der Waals surface area contributed by atoms with Crippen molar-refractivity contribution in [2.75, 3.05) is 32.5 Å². The van der Waals surface area contributed by atoms with Gasteiger partial charge in [-0.05, 0) is 67.3 Å². The highest BCUT2D eigenvalue weighted by molar-refractivity contribution is 6.01. The monoisotopic (exact) mass is 526 g/mol. The van der Waals surface area contributed by atoms with Crippen LogP contribution in [0.15, 0.2) is 27.9 Å². The first-order valence-corrected chi connectivity index (χ1v) is 12.0. The summed E-state index contributed by atoms with van der Waals surface area (Å²) in [5, 5.41) is 19.8. The van der Waals surface area contributed by atoms with Gasteiger partial charge in [0.2, 0.25) is 11.6 Å². The summed E-state index contributed by atoms with van der Waals surface area (Å²) in [4.78, 5) is 26.4. The number of anilines is 1. The normalized spacial score (nSPS) is 14.9. The minimum Gasteiger partial charge on any atom is -0.493 e. The average Bonchev–Trinajstić information content (AvgIpc) is 3.52. The van der Waals surface area contributed by atoms with Gasteiger partial charge >= 0.3 is 0 Å². The number of primary amides is 1. The number of hydrazone groups is 1. The Bertz CT molecular complexity index is 1330. The Morgan fingerprint density at radius 1 is 1.24 bits per heavy atom. The molecule has 3 heterocycles. The van der Waals surface area contributed by atoms with Crippen molar-refractivity contribution in [1.82, 2.24) is 35.6 Å². The van der Waals surface area contributed by atoms with E-state index < -0.39 is 11.8 Å². The van der Waals surface area contributed by atoms with Crippen molar-refractivity contribution in [2.24, 2.45) is 16.8 Å². The van der Waals surface area contributed by atoms with Crippen molar-refractivity contribution in [3.63, 3.8) is 0 Å². The number of methoxy groups -OCH3 is 1. The molecule has 2 amide bonds. The molecule has 0 saturated carbocycles. The molecule has 202 valence electrons. The zero-order chi connectivity index (χ0) is 27.2. The predicted octanol–water partition coefficient (Wildman–Crippen LogP) is 0.491. The van der Waals surface area contributed by atoms with Crippen LogP contribution < -0.4 is 26.4 Å². The van der Waals surface area contributed by atoms with Crippen LogP contribution >= 0.6 is 0 Å². The van der Waals surface area contributed by atoms with Gasteiger partial charge in [0.1, 0.15) is 0 Å². The summed E-state index contributed by atoms with van der Waals surface area (Å²) in [6.45, 7) is 5.81. The molecule has 0 unspecified atom stereocenters. The van der Waals surface area contributed by atoms with Crippen LogP contribution in [-0.2, 0) is 11.3 Å². The molecule has 1 aliphatic heterocycles. The van der Waals surface area contributed by atoms with Crippen molar-refractivity contribution < 1.29 is 23.7 Å². The topological polar surface area (TPSA) is 202 Å². The zero-order valence-corrected chi connectivity index (χ0v) is 21.4. The fourth-order valence-corrected chi connectivity index (χ4v) is 3.97. The number of hydrogen-bond donors (Lipinski definition) is 3. The van der Waals surface area contributed by atoms with Gasteiger partial charge in [0.25, 0.3) is 11.8 Å². The largest absolute Gasteiger partial charge is 0.493 e. The van der Waals surface area contributed by atoms with Crippen LogP contribution in [0.3, 0.4) is 0 Å². The number of rotatable bonds is 10. The molecule has 1 aliphatic rings. The van der Waals surface area contributed by atoms with Gasteiger partial charge in [-0.3, -0.25) is 14.5 Å². The molecule has 38 heavy (non-hydrogen) atoms. The third-order valence-electron chi connectivity index (χ3n) is 6.20. The number of nitrogens with one attached hydrogen (secondary N) is 1. The summed E-state index contributed by atoms with van der Waals surface area (Å²) in [6, 6.07) is 5.00. The lowest BCUT2D eigenvalue weighted by Crippen LogP contribution is -2.34. The van der Waals surface area contributed by atoms with Crippen LogP contribution in [0.5, 0.6) is 11.5 Å². The molecule has 15 heteroatoms. The molecular weight excluding hydrogens is 496 g/mol. The maximum Gasteiger partial charge on any atom is 0.293 e. The number of carbonyl (C=O) groups is 2. The molecule has 3 aromatic rings. The summed E-state index contributed by atoms with van der Waals surface area (Å²) in [5.74, 6) is 0.395. The fraction of sp³-hybridized carbons (Fsp3) is 0.435. The number of aromatic nitrogens is 5. The molecule has 0 spiro atoms. The van der Waals surface area contributed by atoms with Gasteiger partial charge in [0.05, 0.1) is 18.5 Å². The lowest BCUT2D eigenvalue weighted by Gasteiger charge is -2.30. The average molecular weight is 527 g/mol. The first kappa shape index (κ1) is 26.5. The van der Waals surface area contributed by atoms with E-state index in [2.05, 4.69) is 43.0 Å². The van der Waals surface area contributed by atoms with E-state index >= 15 is 0 Å². The summed E-state index contributed by atoms with van der Waals surface area (Å²) < 4.78 is 16.8. The highest BCUT2D eigenvalue weighted by Crippen LogP contribution is 2.28. The molecule has 0 atom stereocenters. The highest BCUT2D eigenvalue weighted by atomic mass is 16.6. The second-order valence-corrected chi connectivity index (χ2v) is 8.99. The Hall–Kier alpha value is -4.53. The van der Waals surface area contributed by atoms with Crippen LogP contribution in [0.2, 0.25) is 0 Å². The van der Waals surface area contributed by atoms with Gasteiger partial charge in [-0.1, -0.05) is 12.1 Å². The Morgan fingerprint density at radius 2 is 2.00 bits per heavy atom. The standard InChI is InChI=1S/C23H30N10O5/c1-13-6-8-32(9-7-13)11-16-20(27-31-33(16)22-21(25)29-38-30-22)23(35)28-26-14(2)15-4-5-17(18(10-15)36-3)37-12-19(24)34/h4-5,10,13H,6-9,11-12H2,1-3H3,(H2,24,34)(H2,25,29)(H,28,35)/b26-14+. The molecule has 0 bridgehead atoms. The number of likely N-dealkylation sites (tertiary alicyclic amines) is 1. The van der Waals surface area contributed by atoms with E-state index in [0.717, 1.165) is 25.9 Å². The maximum absolute atomic E-state index is 13.2. The number of piperidine rings is 1. The second-order valence-electron chi connectivity index (χ2n) is 8.99. The molecule has 1 fully saturated rings. The number of ether oxygens (including phenoxy) is 2. The minimum absolute atomic E-state index is 0.0291. The van der Waals surface area contributed by atoms with E-state index in [4.69, 9.17) is 25.6 Å². The van der Waals surface area contributed by atoms with Crippen molar-refractivity contribution >= 4 is 23.3 Å². The minimum atomic E-state index is -0.606. The van der Waals surface area contributed by atoms with Gasteiger partial charge < -0.3 is 20.9 Å². The predicted molar refractivity (Wildman–Crippen MR) is 135 cm³/mol. The van der Waals surface area contributed by atoms with Gasteiger partial charge in [-0.15, -0.1) is 5.10 Å². The second kappa shape index (κ2) is 11.7. The summed E-state index contributed by atoms with van der Waals surface area (Å²) in [6.07, 6.45) is 2.10. The van der Waals surface area contributed by atoms with E-state index in [9.17, 15) is 9.59 Å². The van der Waals surface area contributed by atoms with Crippen LogP contribution in [0.4, 0.5) is 5.82 Å². The molecule has 0 aliphatic carbocycles.